The summed E-state index contributed by atoms with van der Waals surface area (Å²) in [4.78, 5) is 17.6. The summed E-state index contributed by atoms with van der Waals surface area (Å²) in [5, 5.41) is 10.3. The van der Waals surface area contributed by atoms with Crippen molar-refractivity contribution in [1.82, 2.24) is 14.6 Å². The number of carbonyl (C=O) groups excluding carboxylic acids is 1. The molecule has 0 saturated heterocycles. The fourth-order valence-electron chi connectivity index (χ4n) is 2.38. The molecule has 0 bridgehead atoms. The molecule has 0 aliphatic heterocycles. The molecular formula is C14H13N5OS2. The van der Waals surface area contributed by atoms with Crippen molar-refractivity contribution >= 4 is 49.9 Å². The van der Waals surface area contributed by atoms with Gasteiger partial charge in [-0.2, -0.15) is 0 Å². The first-order chi connectivity index (χ1) is 10.8. The van der Waals surface area contributed by atoms with E-state index in [1.807, 2.05) is 24.4 Å². The minimum absolute atomic E-state index is 0.310. The van der Waals surface area contributed by atoms with Gasteiger partial charge < -0.3 is 5.32 Å². The second-order valence-corrected chi connectivity index (χ2v) is 7.05. The van der Waals surface area contributed by atoms with Crippen LogP contribution in [0.3, 0.4) is 0 Å². The molecule has 4 rings (SSSR count). The first-order valence-corrected chi connectivity index (χ1v) is 8.63. The second-order valence-electron chi connectivity index (χ2n) is 5.20. The van der Waals surface area contributed by atoms with Crippen molar-refractivity contribution in [2.45, 2.75) is 25.2 Å². The van der Waals surface area contributed by atoms with Crippen molar-refractivity contribution in [3.05, 3.63) is 29.3 Å². The van der Waals surface area contributed by atoms with Crippen LogP contribution in [0.2, 0.25) is 0 Å². The maximum atomic E-state index is 12.1. The number of nitrogens with one attached hydrogen (secondary N) is 2. The van der Waals surface area contributed by atoms with E-state index in [-0.39, 0.29) is 6.03 Å². The van der Waals surface area contributed by atoms with Gasteiger partial charge in [-0.3, -0.25) is 5.32 Å². The highest BCUT2D eigenvalue weighted by Crippen LogP contribution is 2.39. The van der Waals surface area contributed by atoms with Crippen molar-refractivity contribution in [3.63, 3.8) is 0 Å². The fraction of sp³-hybridized carbons (Fsp3) is 0.286. The number of nitrogens with zero attached hydrogens (tertiary/aromatic N) is 3. The standard InChI is InChI=1S/C14H13N5OS2/c20-13(16-9-5-2-6-10-12(9)18-19-22-10)17-14-15-7-11(21-14)8-3-1-4-8/h2,5-8H,1,3-4H2,(H2,15,16,17,20). The summed E-state index contributed by atoms with van der Waals surface area (Å²) in [6.07, 6.45) is 5.62. The van der Waals surface area contributed by atoms with Gasteiger partial charge >= 0.3 is 6.03 Å². The van der Waals surface area contributed by atoms with E-state index in [0.29, 0.717) is 22.3 Å². The first-order valence-electron chi connectivity index (χ1n) is 7.04. The molecule has 1 aromatic carbocycles. The predicted octanol–water partition coefficient (Wildman–Crippen LogP) is 4.06. The van der Waals surface area contributed by atoms with Crippen LogP contribution < -0.4 is 10.6 Å². The highest BCUT2D eigenvalue weighted by atomic mass is 32.1. The Labute approximate surface area is 134 Å². The van der Waals surface area contributed by atoms with E-state index in [2.05, 4.69) is 25.2 Å². The van der Waals surface area contributed by atoms with Crippen molar-refractivity contribution in [1.29, 1.82) is 0 Å². The number of amides is 2. The zero-order valence-electron chi connectivity index (χ0n) is 11.6. The lowest BCUT2D eigenvalue weighted by Crippen LogP contribution is -2.19. The molecule has 1 saturated carbocycles. The Morgan fingerprint density at radius 3 is 3.00 bits per heavy atom. The SMILES string of the molecule is O=C(Nc1ncc(C2CCC2)s1)Nc1cccc2snnc12. The molecule has 0 radical (unpaired) electrons. The summed E-state index contributed by atoms with van der Waals surface area (Å²) >= 11 is 2.86. The minimum Gasteiger partial charge on any atom is -0.305 e. The molecular weight excluding hydrogens is 318 g/mol. The lowest BCUT2D eigenvalue weighted by Gasteiger charge is -2.23. The monoisotopic (exact) mass is 331 g/mol. The number of hydrogen-bond acceptors (Lipinski definition) is 6. The van der Waals surface area contributed by atoms with Crippen molar-refractivity contribution in [2.75, 3.05) is 10.6 Å². The Kier molecular flexibility index (Phi) is 3.47. The molecule has 2 aromatic heterocycles. The lowest BCUT2D eigenvalue weighted by atomic mass is 9.85. The maximum Gasteiger partial charge on any atom is 0.325 e. The van der Waals surface area contributed by atoms with Crippen LogP contribution in [0, 0.1) is 0 Å². The number of hydrogen-bond donors (Lipinski definition) is 2. The Hall–Kier alpha value is -2.06. The molecule has 0 unspecified atom stereocenters. The molecule has 2 heterocycles. The fourth-order valence-corrected chi connectivity index (χ4v) is 3.95. The molecule has 1 aliphatic rings. The highest BCUT2D eigenvalue weighted by molar-refractivity contribution is 7.15. The minimum atomic E-state index is -0.310. The third-order valence-electron chi connectivity index (χ3n) is 3.78. The summed E-state index contributed by atoms with van der Waals surface area (Å²) in [6, 6.07) is 5.30. The van der Waals surface area contributed by atoms with Gasteiger partial charge in [-0.05, 0) is 42.4 Å². The Bertz CT molecular complexity index is 823. The number of carbonyl (C=O) groups is 1. The van der Waals surface area contributed by atoms with Crippen LogP contribution in [0.4, 0.5) is 15.6 Å². The molecule has 2 amide bonds. The molecule has 22 heavy (non-hydrogen) atoms. The smallest absolute Gasteiger partial charge is 0.305 e. The van der Waals surface area contributed by atoms with Gasteiger partial charge in [0.2, 0.25) is 0 Å². The Morgan fingerprint density at radius 2 is 2.18 bits per heavy atom. The molecule has 1 aliphatic carbocycles. The number of aromatic nitrogens is 3. The summed E-state index contributed by atoms with van der Waals surface area (Å²) in [5.74, 6) is 0.631. The number of urea groups is 1. The molecule has 3 aromatic rings. The predicted molar refractivity (Wildman–Crippen MR) is 88.8 cm³/mol. The zero-order chi connectivity index (χ0) is 14.9. The van der Waals surface area contributed by atoms with Crippen LogP contribution in [0.25, 0.3) is 10.2 Å². The van der Waals surface area contributed by atoms with Gasteiger partial charge in [-0.15, -0.1) is 16.4 Å². The summed E-state index contributed by atoms with van der Waals surface area (Å²) < 4.78 is 4.85. The summed E-state index contributed by atoms with van der Waals surface area (Å²) in [7, 11) is 0. The molecule has 0 spiro atoms. The van der Waals surface area contributed by atoms with Gasteiger partial charge in [-0.25, -0.2) is 9.78 Å². The van der Waals surface area contributed by atoms with Crippen LogP contribution in [-0.2, 0) is 0 Å². The van der Waals surface area contributed by atoms with E-state index in [0.717, 1.165) is 4.70 Å². The molecule has 0 atom stereocenters. The van der Waals surface area contributed by atoms with Crippen molar-refractivity contribution in [2.24, 2.45) is 0 Å². The molecule has 112 valence electrons. The van der Waals surface area contributed by atoms with Gasteiger partial charge in [0, 0.05) is 11.1 Å². The second kappa shape index (κ2) is 5.62. The van der Waals surface area contributed by atoms with Crippen LogP contribution in [0.15, 0.2) is 24.4 Å². The van der Waals surface area contributed by atoms with E-state index in [1.165, 1.54) is 35.7 Å². The summed E-state index contributed by atoms with van der Waals surface area (Å²) in [5.41, 5.74) is 1.36. The topological polar surface area (TPSA) is 79.8 Å². The van der Waals surface area contributed by atoms with Crippen molar-refractivity contribution < 1.29 is 4.79 Å². The van der Waals surface area contributed by atoms with Gasteiger partial charge in [0.25, 0.3) is 0 Å². The maximum absolute atomic E-state index is 12.1. The highest BCUT2D eigenvalue weighted by Gasteiger charge is 2.22. The largest absolute Gasteiger partial charge is 0.325 e. The van der Waals surface area contributed by atoms with Crippen molar-refractivity contribution in [3.8, 4) is 0 Å². The van der Waals surface area contributed by atoms with Gasteiger partial charge in [0.05, 0.1) is 10.4 Å². The molecule has 6 nitrogen and oxygen atoms in total. The average molecular weight is 331 g/mol. The van der Waals surface area contributed by atoms with Crippen LogP contribution in [0.1, 0.15) is 30.1 Å². The number of thiazole rings is 1. The first kappa shape index (κ1) is 13.6. The lowest BCUT2D eigenvalue weighted by molar-refractivity contribution is 0.262. The van der Waals surface area contributed by atoms with Crippen LogP contribution in [0.5, 0.6) is 0 Å². The third kappa shape index (κ3) is 2.55. The molecule has 1 fully saturated rings. The molecule has 8 heteroatoms. The summed E-state index contributed by atoms with van der Waals surface area (Å²) in [6.45, 7) is 0. The number of fused-ring (bicyclic) bond motifs is 1. The Balaban J connectivity index is 1.46. The van der Waals surface area contributed by atoms with E-state index in [9.17, 15) is 4.79 Å². The number of anilines is 2. The van der Waals surface area contributed by atoms with E-state index < -0.39 is 0 Å². The average Bonchev–Trinajstić information content (AvgIpc) is 3.06. The van der Waals surface area contributed by atoms with E-state index in [1.54, 1.807) is 11.3 Å². The molecule has 2 N–H and O–H groups in total. The normalized spacial score (nSPS) is 14.7. The zero-order valence-corrected chi connectivity index (χ0v) is 13.2. The quantitative estimate of drug-likeness (QED) is 0.758. The van der Waals surface area contributed by atoms with E-state index >= 15 is 0 Å². The van der Waals surface area contributed by atoms with Gasteiger partial charge in [-0.1, -0.05) is 17.0 Å². The Morgan fingerprint density at radius 1 is 1.27 bits per heavy atom. The van der Waals surface area contributed by atoms with Gasteiger partial charge in [0.15, 0.2) is 5.13 Å². The third-order valence-corrected chi connectivity index (χ3v) is 5.54. The number of benzene rings is 1. The van der Waals surface area contributed by atoms with Gasteiger partial charge in [0.1, 0.15) is 5.52 Å². The van der Waals surface area contributed by atoms with Crippen LogP contribution in [-0.4, -0.2) is 20.6 Å². The number of rotatable bonds is 3. The van der Waals surface area contributed by atoms with Crippen LogP contribution >= 0.6 is 22.9 Å². The van der Waals surface area contributed by atoms with E-state index in [4.69, 9.17) is 0 Å².